The first-order chi connectivity index (χ1) is 9.02. The molecular weight excluding hydrogens is 241 g/mol. The van der Waals surface area contributed by atoms with Crippen LogP contribution in [0.4, 0.5) is 4.39 Å². The summed E-state index contributed by atoms with van der Waals surface area (Å²) >= 11 is 0. The topological polar surface area (TPSA) is 50.4 Å². The Balaban J connectivity index is 1.95. The second-order valence-corrected chi connectivity index (χ2v) is 5.76. The van der Waals surface area contributed by atoms with Crippen molar-refractivity contribution in [2.24, 2.45) is 16.6 Å². The fourth-order valence-electron chi connectivity index (χ4n) is 2.09. The summed E-state index contributed by atoms with van der Waals surface area (Å²) in [6, 6.07) is 6.74. The Morgan fingerprint density at radius 2 is 2.00 bits per heavy atom. The average molecular weight is 263 g/mol. The number of nitrogens with two attached hydrogens (primary N) is 1. The molecule has 0 spiro atoms. The number of rotatable bonds is 5. The maximum atomic E-state index is 12.9. The van der Waals surface area contributed by atoms with Gasteiger partial charge in [-0.2, -0.15) is 0 Å². The first-order valence-corrected chi connectivity index (χ1v) is 6.82. The molecule has 1 fully saturated rings. The van der Waals surface area contributed by atoms with Gasteiger partial charge in [0, 0.05) is 12.0 Å². The summed E-state index contributed by atoms with van der Waals surface area (Å²) < 4.78 is 12.9. The number of hydrogen-bond donors (Lipinski definition) is 2. The summed E-state index contributed by atoms with van der Waals surface area (Å²) in [6.07, 6.45) is 2.19. The van der Waals surface area contributed by atoms with Gasteiger partial charge >= 0.3 is 0 Å². The van der Waals surface area contributed by atoms with E-state index < -0.39 is 0 Å². The Labute approximate surface area is 114 Å². The molecule has 2 rings (SSSR count). The van der Waals surface area contributed by atoms with Gasteiger partial charge in [-0.1, -0.05) is 26.0 Å². The van der Waals surface area contributed by atoms with Gasteiger partial charge in [-0.3, -0.25) is 4.99 Å². The van der Waals surface area contributed by atoms with Crippen molar-refractivity contribution in [1.82, 2.24) is 5.32 Å². The lowest BCUT2D eigenvalue weighted by Gasteiger charge is -2.14. The number of halogens is 1. The van der Waals surface area contributed by atoms with Crippen molar-refractivity contribution in [3.63, 3.8) is 0 Å². The van der Waals surface area contributed by atoms with Crippen LogP contribution in [0, 0.1) is 11.7 Å². The average Bonchev–Trinajstić information content (AvgIpc) is 3.16. The van der Waals surface area contributed by atoms with Gasteiger partial charge in [0.1, 0.15) is 5.82 Å². The second kappa shape index (κ2) is 5.59. The molecule has 19 heavy (non-hydrogen) atoms. The van der Waals surface area contributed by atoms with Crippen LogP contribution in [-0.4, -0.2) is 19.0 Å². The largest absolute Gasteiger partial charge is 0.370 e. The molecule has 0 aliphatic heterocycles. The van der Waals surface area contributed by atoms with E-state index >= 15 is 0 Å². The van der Waals surface area contributed by atoms with Crippen LogP contribution in [-0.2, 0) is 5.41 Å². The molecule has 0 aromatic heterocycles. The quantitative estimate of drug-likeness (QED) is 0.633. The van der Waals surface area contributed by atoms with E-state index in [2.05, 4.69) is 24.2 Å². The highest BCUT2D eigenvalue weighted by molar-refractivity contribution is 5.77. The minimum atomic E-state index is -0.193. The molecule has 0 radical (unpaired) electrons. The zero-order valence-electron chi connectivity index (χ0n) is 11.6. The number of nitrogens with one attached hydrogen (secondary N) is 1. The Hall–Kier alpha value is -1.58. The van der Waals surface area contributed by atoms with Crippen LogP contribution >= 0.6 is 0 Å². The lowest BCUT2D eigenvalue weighted by Crippen LogP contribution is -2.35. The number of aliphatic imine (C=N–C) groups is 1. The van der Waals surface area contributed by atoms with Crippen molar-refractivity contribution >= 4 is 5.96 Å². The third kappa shape index (κ3) is 3.69. The van der Waals surface area contributed by atoms with E-state index in [1.54, 1.807) is 0 Å². The van der Waals surface area contributed by atoms with Gasteiger partial charge in [0.2, 0.25) is 0 Å². The minimum absolute atomic E-state index is 0.0812. The van der Waals surface area contributed by atoms with Gasteiger partial charge in [-0.05, 0) is 36.5 Å². The van der Waals surface area contributed by atoms with Gasteiger partial charge in [-0.25, -0.2) is 4.39 Å². The molecule has 0 unspecified atom stereocenters. The maximum Gasteiger partial charge on any atom is 0.188 e. The van der Waals surface area contributed by atoms with E-state index in [-0.39, 0.29) is 11.2 Å². The molecule has 0 atom stereocenters. The van der Waals surface area contributed by atoms with E-state index in [9.17, 15) is 4.39 Å². The summed E-state index contributed by atoms with van der Waals surface area (Å²) in [4.78, 5) is 4.42. The molecule has 0 amide bonds. The highest BCUT2D eigenvalue weighted by Crippen LogP contribution is 2.48. The highest BCUT2D eigenvalue weighted by atomic mass is 19.1. The molecule has 1 aliphatic carbocycles. The molecule has 1 aliphatic rings. The van der Waals surface area contributed by atoms with Crippen LogP contribution in [0.5, 0.6) is 0 Å². The Bertz CT molecular complexity index is 447. The molecule has 1 aromatic rings. The second-order valence-electron chi connectivity index (χ2n) is 5.76. The van der Waals surface area contributed by atoms with E-state index in [1.165, 1.54) is 12.1 Å². The number of benzene rings is 1. The Morgan fingerprint density at radius 1 is 1.37 bits per heavy atom. The van der Waals surface area contributed by atoms with Crippen LogP contribution in [0.2, 0.25) is 0 Å². The van der Waals surface area contributed by atoms with Crippen molar-refractivity contribution in [3.05, 3.63) is 35.6 Å². The van der Waals surface area contributed by atoms with E-state index in [1.807, 2.05) is 12.1 Å². The van der Waals surface area contributed by atoms with E-state index in [0.29, 0.717) is 18.4 Å². The van der Waals surface area contributed by atoms with Crippen LogP contribution in [0.1, 0.15) is 32.3 Å². The van der Waals surface area contributed by atoms with Gasteiger partial charge in [0.15, 0.2) is 5.96 Å². The van der Waals surface area contributed by atoms with Crippen molar-refractivity contribution in [3.8, 4) is 0 Å². The minimum Gasteiger partial charge on any atom is -0.370 e. The lowest BCUT2D eigenvalue weighted by molar-refractivity contribution is 0.617. The van der Waals surface area contributed by atoms with Crippen LogP contribution in [0.15, 0.2) is 29.3 Å². The molecule has 104 valence electrons. The predicted molar refractivity (Wildman–Crippen MR) is 76.6 cm³/mol. The molecule has 3 N–H and O–H groups in total. The molecule has 4 heteroatoms. The monoisotopic (exact) mass is 263 g/mol. The maximum absolute atomic E-state index is 12.9. The Morgan fingerprint density at radius 3 is 2.53 bits per heavy atom. The third-order valence-corrected chi connectivity index (χ3v) is 3.55. The molecule has 0 heterocycles. The van der Waals surface area contributed by atoms with Crippen LogP contribution in [0.3, 0.4) is 0 Å². The summed E-state index contributed by atoms with van der Waals surface area (Å²) in [5.41, 5.74) is 7.08. The van der Waals surface area contributed by atoms with Crippen molar-refractivity contribution in [2.75, 3.05) is 13.1 Å². The van der Waals surface area contributed by atoms with Crippen molar-refractivity contribution < 1.29 is 4.39 Å². The zero-order valence-corrected chi connectivity index (χ0v) is 11.6. The molecular formula is C15H22FN3. The van der Waals surface area contributed by atoms with Gasteiger partial charge in [0.25, 0.3) is 0 Å². The first-order valence-electron chi connectivity index (χ1n) is 6.82. The predicted octanol–water partition coefficient (Wildman–Crippen LogP) is 2.42. The standard InChI is InChI=1S/C15H22FN3/c1-11(2)9-18-14(17)19-10-15(7-8-15)12-3-5-13(16)6-4-12/h3-6,11H,7-10H2,1-2H3,(H3,17,18,19). The SMILES string of the molecule is CC(C)CNC(N)=NCC1(c2ccc(F)cc2)CC1. The fourth-order valence-corrected chi connectivity index (χ4v) is 2.09. The zero-order chi connectivity index (χ0) is 13.9. The van der Waals surface area contributed by atoms with Gasteiger partial charge < -0.3 is 11.1 Å². The first kappa shape index (κ1) is 13.8. The highest BCUT2D eigenvalue weighted by Gasteiger charge is 2.44. The molecule has 1 saturated carbocycles. The molecule has 1 aromatic carbocycles. The van der Waals surface area contributed by atoms with Crippen LogP contribution in [0.25, 0.3) is 0 Å². The summed E-state index contributed by atoms with van der Waals surface area (Å²) in [6.45, 7) is 5.76. The van der Waals surface area contributed by atoms with Crippen molar-refractivity contribution in [2.45, 2.75) is 32.1 Å². The molecule has 0 saturated heterocycles. The normalized spacial score (nSPS) is 17.6. The van der Waals surface area contributed by atoms with E-state index in [4.69, 9.17) is 5.73 Å². The summed E-state index contributed by atoms with van der Waals surface area (Å²) in [7, 11) is 0. The van der Waals surface area contributed by atoms with Gasteiger partial charge in [0.05, 0.1) is 6.54 Å². The third-order valence-electron chi connectivity index (χ3n) is 3.55. The van der Waals surface area contributed by atoms with E-state index in [0.717, 1.165) is 24.9 Å². The summed E-state index contributed by atoms with van der Waals surface area (Å²) in [5, 5.41) is 3.11. The molecule has 3 nitrogen and oxygen atoms in total. The Kier molecular flexibility index (Phi) is 4.08. The van der Waals surface area contributed by atoms with Gasteiger partial charge in [-0.15, -0.1) is 0 Å². The fraction of sp³-hybridized carbons (Fsp3) is 0.533. The smallest absolute Gasteiger partial charge is 0.188 e. The number of hydrogen-bond acceptors (Lipinski definition) is 1. The molecule has 0 bridgehead atoms. The van der Waals surface area contributed by atoms with Crippen molar-refractivity contribution in [1.29, 1.82) is 0 Å². The van der Waals surface area contributed by atoms with Crippen LogP contribution < -0.4 is 11.1 Å². The number of guanidine groups is 1. The number of nitrogens with zero attached hydrogens (tertiary/aromatic N) is 1. The lowest BCUT2D eigenvalue weighted by atomic mass is 9.96. The summed E-state index contributed by atoms with van der Waals surface area (Å²) in [5.74, 6) is 0.851.